The van der Waals surface area contributed by atoms with Crippen LogP contribution >= 0.6 is 0 Å². The van der Waals surface area contributed by atoms with Gasteiger partial charge in [0.2, 0.25) is 6.29 Å². The first-order valence-corrected chi connectivity index (χ1v) is 18.7. The van der Waals surface area contributed by atoms with E-state index in [9.17, 15) is 71.2 Å². The molecule has 13 N–H and O–H groups in total. The van der Waals surface area contributed by atoms with Gasteiger partial charge in [0.15, 0.2) is 36.3 Å². The largest absolute Gasteiger partial charge is 0.508 e. The van der Waals surface area contributed by atoms with E-state index in [0.29, 0.717) is 0 Å². The minimum Gasteiger partial charge on any atom is -0.508 e. The van der Waals surface area contributed by atoms with Crippen LogP contribution in [0, 0.1) is 0 Å². The van der Waals surface area contributed by atoms with Gasteiger partial charge in [-0.15, -0.1) is 0 Å². The van der Waals surface area contributed by atoms with Crippen molar-refractivity contribution in [2.45, 2.75) is 92.1 Å². The molecule has 3 fully saturated rings. The van der Waals surface area contributed by atoms with Crippen molar-refractivity contribution in [3.63, 3.8) is 0 Å². The molecule has 4 aliphatic rings. The number of aliphatic hydroxyl groups excluding tert-OH is 8. The molecule has 1 unspecified atom stereocenters. The third-order valence-electron chi connectivity index (χ3n) is 10.4. The Morgan fingerprint density at radius 3 is 2.03 bits per heavy atom. The van der Waals surface area contributed by atoms with Crippen LogP contribution in [0.15, 0.2) is 60.4 Å². The fourth-order valence-corrected chi connectivity index (χ4v) is 6.97. The summed E-state index contributed by atoms with van der Waals surface area (Å²) < 4.78 is 46.0. The third-order valence-corrected chi connectivity index (χ3v) is 10.4. The number of fused-ring (bicyclic) bond motifs is 1. The van der Waals surface area contributed by atoms with Gasteiger partial charge in [-0.3, -0.25) is 0 Å². The van der Waals surface area contributed by atoms with E-state index in [0.717, 1.165) is 18.2 Å². The van der Waals surface area contributed by atoms with Crippen LogP contribution in [0.25, 0.3) is 6.08 Å². The quantitative estimate of drug-likeness (QED) is 0.0709. The molecule has 15 atom stereocenters. The lowest BCUT2D eigenvalue weighted by molar-refractivity contribution is -0.360. The Hall–Kier alpha value is -5.05. The summed E-state index contributed by atoms with van der Waals surface area (Å²) in [5.74, 6) is -3.17. The van der Waals surface area contributed by atoms with Gasteiger partial charge in [0.05, 0.1) is 24.3 Å². The van der Waals surface area contributed by atoms with Gasteiger partial charge in [0.1, 0.15) is 96.4 Å². The molecule has 22 heteroatoms. The molecular weight excluding hydrogens is 820 g/mol. The monoisotopic (exact) mass is 864 g/mol. The first-order chi connectivity index (χ1) is 29.0. The Kier molecular flexibility index (Phi) is 13.1. The SMILES string of the molecule is O=C(OC[C@@H]1O[C@@H](OC[C@@H]2O[C@@H](OC3=Cc4c(O)cc(O)cc4OC3c3ccc(O)c(O)c3)[C@H](O[C@@H]3OC[C@H](O)[C@H](O)[C@@H]3O)[C@H](O)[C@H]2O)[C@H](O)[C@@H](O)[C@@H]1O)c1ccc(O)cc1. The molecule has 332 valence electrons. The maximum Gasteiger partial charge on any atom is 0.338 e. The van der Waals surface area contributed by atoms with Gasteiger partial charge >= 0.3 is 5.97 Å². The zero-order valence-electron chi connectivity index (χ0n) is 31.5. The predicted molar refractivity (Wildman–Crippen MR) is 196 cm³/mol. The second-order valence-corrected chi connectivity index (χ2v) is 14.7. The van der Waals surface area contributed by atoms with Crippen molar-refractivity contribution < 1.29 is 109 Å². The molecule has 0 aliphatic carbocycles. The van der Waals surface area contributed by atoms with Gasteiger partial charge in [0.25, 0.3) is 0 Å². The number of aliphatic hydroxyl groups is 8. The first-order valence-electron chi connectivity index (χ1n) is 18.7. The zero-order valence-corrected chi connectivity index (χ0v) is 31.5. The standard InChI is InChI=1S/C39H44O22/c40-16-4-1-14(2-5-16)36(53)54-12-25-28(47)30(49)33(52)37(59-25)56-13-26-29(48)31(50)35(61-38-32(51)27(46)22(45)11-55-38)39(60-26)58-24-10-18-20(43)8-17(41)9-23(18)57-34(24)15-3-6-19(42)21(44)7-15/h1-10,22,25-35,37-52H,11-13H2/t22-,25-,26-,27-,28+,29-,30-,31+,32-,33+,34?,35+,37+,38-,39+/m0/s1. The van der Waals surface area contributed by atoms with Crippen molar-refractivity contribution in [1.29, 1.82) is 0 Å². The van der Waals surface area contributed by atoms with Crippen LogP contribution in [0.3, 0.4) is 0 Å². The summed E-state index contributed by atoms with van der Waals surface area (Å²) in [7, 11) is 0. The van der Waals surface area contributed by atoms with Crippen molar-refractivity contribution in [2.75, 3.05) is 19.8 Å². The molecule has 3 saturated heterocycles. The van der Waals surface area contributed by atoms with Crippen molar-refractivity contribution in [3.05, 3.63) is 77.0 Å². The molecular formula is C39H44O22. The Balaban J connectivity index is 1.14. The second-order valence-electron chi connectivity index (χ2n) is 14.7. The van der Waals surface area contributed by atoms with Crippen LogP contribution in [0.1, 0.15) is 27.6 Å². The Morgan fingerprint density at radius 2 is 1.31 bits per heavy atom. The van der Waals surface area contributed by atoms with Crippen LogP contribution in [0.4, 0.5) is 0 Å². The highest BCUT2D eigenvalue weighted by molar-refractivity contribution is 5.89. The smallest absolute Gasteiger partial charge is 0.338 e. The summed E-state index contributed by atoms with van der Waals surface area (Å²) in [5.41, 5.74) is 0.162. The topological polar surface area (TPSA) is 354 Å². The second kappa shape index (κ2) is 18.1. The zero-order chi connectivity index (χ0) is 43.9. The van der Waals surface area contributed by atoms with E-state index in [1.54, 1.807) is 0 Å². The van der Waals surface area contributed by atoms with Crippen molar-refractivity contribution in [3.8, 4) is 34.5 Å². The number of ether oxygens (including phenoxy) is 8. The minimum atomic E-state index is -2.01. The molecule has 4 aliphatic heterocycles. The molecule has 61 heavy (non-hydrogen) atoms. The number of esters is 1. The molecule has 0 radical (unpaired) electrons. The Labute approximate surface area is 344 Å². The molecule has 3 aromatic rings. The van der Waals surface area contributed by atoms with Gasteiger partial charge in [-0.25, -0.2) is 4.79 Å². The number of hydrogen-bond acceptors (Lipinski definition) is 22. The highest BCUT2D eigenvalue weighted by atomic mass is 16.8. The number of phenols is 5. The average Bonchev–Trinajstić information content (AvgIpc) is 3.23. The summed E-state index contributed by atoms with van der Waals surface area (Å²) in [6, 6.07) is 10.8. The van der Waals surface area contributed by atoms with E-state index in [1.807, 2.05) is 0 Å². The van der Waals surface area contributed by atoms with E-state index in [2.05, 4.69) is 0 Å². The van der Waals surface area contributed by atoms with Crippen LogP contribution in [0.2, 0.25) is 0 Å². The normalized spacial score (nSPS) is 35.0. The number of phenolic OH excluding ortho intramolecular Hbond substituents is 5. The number of hydrogen-bond donors (Lipinski definition) is 13. The number of benzene rings is 3. The lowest BCUT2D eigenvalue weighted by Crippen LogP contribution is -2.64. The van der Waals surface area contributed by atoms with E-state index in [-0.39, 0.29) is 39.7 Å². The fourth-order valence-electron chi connectivity index (χ4n) is 6.97. The summed E-state index contributed by atoms with van der Waals surface area (Å²) in [6.07, 6.45) is -25.1. The summed E-state index contributed by atoms with van der Waals surface area (Å²) in [6.45, 7) is -1.92. The molecule has 22 nitrogen and oxygen atoms in total. The Bertz CT molecular complexity index is 2050. The van der Waals surface area contributed by atoms with Crippen LogP contribution in [0.5, 0.6) is 34.5 Å². The van der Waals surface area contributed by atoms with Crippen molar-refractivity contribution in [2.24, 2.45) is 0 Å². The summed E-state index contributed by atoms with van der Waals surface area (Å²) in [5, 5.41) is 136. The highest BCUT2D eigenvalue weighted by Gasteiger charge is 2.52. The molecule has 0 amide bonds. The maximum absolute atomic E-state index is 12.6. The minimum absolute atomic E-state index is 0.0172. The lowest BCUT2D eigenvalue weighted by Gasteiger charge is -2.46. The maximum atomic E-state index is 12.6. The molecule has 3 aromatic carbocycles. The third kappa shape index (κ3) is 9.27. The fraction of sp³-hybridized carbons (Fsp3) is 0.462. The summed E-state index contributed by atoms with van der Waals surface area (Å²) >= 11 is 0. The van der Waals surface area contributed by atoms with Crippen molar-refractivity contribution >= 4 is 12.0 Å². The average molecular weight is 865 g/mol. The number of rotatable bonds is 11. The molecule has 0 saturated carbocycles. The molecule has 7 rings (SSSR count). The van der Waals surface area contributed by atoms with E-state index >= 15 is 0 Å². The van der Waals surface area contributed by atoms with Gasteiger partial charge in [-0.1, -0.05) is 6.07 Å². The molecule has 0 spiro atoms. The lowest BCUT2D eigenvalue weighted by atomic mass is 9.97. The van der Waals surface area contributed by atoms with Crippen LogP contribution < -0.4 is 4.74 Å². The van der Waals surface area contributed by atoms with E-state index in [1.165, 1.54) is 42.5 Å². The van der Waals surface area contributed by atoms with Gasteiger partial charge < -0.3 is 104 Å². The molecule has 0 aromatic heterocycles. The van der Waals surface area contributed by atoms with Crippen LogP contribution in [-0.2, 0) is 33.2 Å². The molecule has 0 bridgehead atoms. The number of carbonyl (C=O) groups is 1. The van der Waals surface area contributed by atoms with Gasteiger partial charge in [-0.05, 0) is 42.5 Å². The molecule has 4 heterocycles. The predicted octanol–water partition coefficient (Wildman–Crippen LogP) is -2.34. The Morgan fingerprint density at radius 1 is 0.639 bits per heavy atom. The van der Waals surface area contributed by atoms with Gasteiger partial charge in [0, 0.05) is 17.7 Å². The van der Waals surface area contributed by atoms with E-state index in [4.69, 9.17) is 37.9 Å². The van der Waals surface area contributed by atoms with Crippen molar-refractivity contribution in [1.82, 2.24) is 0 Å². The number of carbonyl (C=O) groups excluding carboxylic acids is 1. The first kappa shape index (κ1) is 44.0. The van der Waals surface area contributed by atoms with Gasteiger partial charge in [-0.2, -0.15) is 0 Å². The van der Waals surface area contributed by atoms with E-state index < -0.39 is 135 Å². The number of aromatic hydroxyl groups is 5. The van der Waals surface area contributed by atoms with Crippen LogP contribution in [-0.4, -0.2) is 178 Å². The highest BCUT2D eigenvalue weighted by Crippen LogP contribution is 2.46. The summed E-state index contributed by atoms with van der Waals surface area (Å²) in [4.78, 5) is 12.6.